The fourth-order valence-corrected chi connectivity index (χ4v) is 5.16. The predicted octanol–water partition coefficient (Wildman–Crippen LogP) is 3.08. The standard InChI is InChI=1S/C23H23BFNO4/c1-15(16-10-12-18(25)13-11-16)26-14-17-6-2-5-9-21(17)24(26)29-22(27)19-7-3-4-8-20(19)23(28)30-24/h2,5-6,9-15,19-20H,3-4,7-8H2,1H3/t15?,19-,20-/m1/s1. The second-order valence-corrected chi connectivity index (χ2v) is 8.48. The molecule has 3 aliphatic rings. The number of benzene rings is 2. The normalized spacial score (nSPS) is 25.5. The zero-order valence-electron chi connectivity index (χ0n) is 16.8. The van der Waals surface area contributed by atoms with Crippen LogP contribution in [0.3, 0.4) is 0 Å². The van der Waals surface area contributed by atoms with Crippen molar-refractivity contribution in [1.82, 2.24) is 0 Å². The van der Waals surface area contributed by atoms with E-state index in [1.165, 1.54) is 12.1 Å². The molecule has 2 fully saturated rings. The molecule has 1 saturated carbocycles. The van der Waals surface area contributed by atoms with Crippen molar-refractivity contribution < 1.29 is 27.8 Å². The Morgan fingerprint density at radius 3 is 2.20 bits per heavy atom. The quantitative estimate of drug-likeness (QED) is 0.719. The van der Waals surface area contributed by atoms with E-state index in [9.17, 15) is 14.0 Å². The predicted molar refractivity (Wildman–Crippen MR) is 110 cm³/mol. The number of fused-ring (bicyclic) bond motifs is 3. The van der Waals surface area contributed by atoms with Crippen molar-refractivity contribution in [3.8, 4) is 0 Å². The average Bonchev–Trinajstić information content (AvgIpc) is 3.01. The molecular weight excluding hydrogens is 384 g/mol. The van der Waals surface area contributed by atoms with E-state index >= 15 is 0 Å². The molecule has 2 heterocycles. The highest BCUT2D eigenvalue weighted by Gasteiger charge is 2.60. The first-order valence-corrected chi connectivity index (χ1v) is 10.6. The summed E-state index contributed by atoms with van der Waals surface area (Å²) in [4.78, 5) is 26.4. The molecule has 2 aliphatic heterocycles. The topological polar surface area (TPSA) is 55.6 Å². The van der Waals surface area contributed by atoms with Gasteiger partial charge in [-0.1, -0.05) is 37.1 Å². The molecule has 1 unspecified atom stereocenters. The Bertz CT molecular complexity index is 1030. The smallest absolute Gasteiger partial charge is 0.592 e. The number of halogens is 1. The van der Waals surface area contributed by atoms with Crippen molar-refractivity contribution in [3.05, 3.63) is 65.5 Å². The van der Waals surface area contributed by atoms with E-state index in [2.05, 4.69) is 0 Å². The van der Waals surface area contributed by atoms with Gasteiger partial charge in [0.05, 0.1) is 11.8 Å². The molecule has 5 rings (SSSR count). The average molecular weight is 407 g/mol. The maximum atomic E-state index is 13.5. The summed E-state index contributed by atoms with van der Waals surface area (Å²) in [6.07, 6.45) is 4.97. The number of carbonyl (C=O) groups excluding carboxylic acids is 2. The van der Waals surface area contributed by atoms with Crippen molar-refractivity contribution in [2.24, 2.45) is 11.8 Å². The van der Waals surface area contributed by atoms with Gasteiger partial charge >= 0.3 is 6.69 Å². The van der Waals surface area contributed by atoms with Crippen molar-refractivity contribution in [3.63, 3.8) is 0 Å². The minimum Gasteiger partial charge on any atom is -0.592 e. The second kappa shape index (κ2) is 7.08. The Kier molecular flexibility index (Phi) is 4.49. The van der Waals surface area contributed by atoms with E-state index < -0.39 is 18.5 Å². The van der Waals surface area contributed by atoms with Crippen LogP contribution in [0.15, 0.2) is 48.5 Å². The summed E-state index contributed by atoms with van der Waals surface area (Å²) in [5.74, 6) is -1.97. The molecule has 0 amide bonds. The van der Waals surface area contributed by atoms with E-state index in [1.807, 2.05) is 41.9 Å². The Morgan fingerprint density at radius 2 is 1.57 bits per heavy atom. The molecule has 1 aliphatic carbocycles. The lowest BCUT2D eigenvalue weighted by atomic mass is 9.62. The van der Waals surface area contributed by atoms with Crippen molar-refractivity contribution in [2.45, 2.75) is 38.6 Å². The molecule has 0 N–H and O–H groups in total. The molecule has 5 nitrogen and oxygen atoms in total. The molecule has 154 valence electrons. The Hall–Kier alpha value is -2.96. The van der Waals surface area contributed by atoms with Crippen molar-refractivity contribution in [1.29, 1.82) is 0 Å². The van der Waals surface area contributed by atoms with Crippen LogP contribution in [0, 0.1) is 17.7 Å². The molecule has 1 spiro atoms. The first-order valence-electron chi connectivity index (χ1n) is 10.6. The summed E-state index contributed by atoms with van der Waals surface area (Å²) in [7, 11) is 0. The van der Waals surface area contributed by atoms with Gasteiger partial charge in [-0.15, -0.1) is 0 Å². The molecule has 2 aromatic carbocycles. The van der Waals surface area contributed by atoms with Gasteiger partial charge in [0.25, 0.3) is 11.9 Å². The summed E-state index contributed by atoms with van der Waals surface area (Å²) in [6, 6.07) is 13.4. The summed E-state index contributed by atoms with van der Waals surface area (Å²) in [6.45, 7) is -0.606. The van der Waals surface area contributed by atoms with Gasteiger partial charge in [-0.05, 0) is 49.5 Å². The summed E-state index contributed by atoms with van der Waals surface area (Å²) >= 11 is 0. The Balaban J connectivity index is 1.63. The number of hydrogen-bond donors (Lipinski definition) is 0. The van der Waals surface area contributed by atoms with Crippen LogP contribution in [0.25, 0.3) is 0 Å². The van der Waals surface area contributed by atoms with Crippen LogP contribution < -0.4 is 5.46 Å². The van der Waals surface area contributed by atoms with Gasteiger partial charge in [0.2, 0.25) is 0 Å². The van der Waals surface area contributed by atoms with Crippen LogP contribution >= 0.6 is 0 Å². The molecule has 0 aromatic heterocycles. The van der Waals surface area contributed by atoms with Gasteiger partial charge in [0.1, 0.15) is 18.1 Å². The fraction of sp³-hybridized carbons (Fsp3) is 0.348. The van der Waals surface area contributed by atoms with Crippen LogP contribution in [-0.2, 0) is 18.9 Å². The molecule has 3 atom stereocenters. The highest BCUT2D eigenvalue weighted by Crippen LogP contribution is 2.38. The van der Waals surface area contributed by atoms with Crippen molar-refractivity contribution >= 4 is 30.3 Å². The van der Waals surface area contributed by atoms with E-state index in [0.717, 1.165) is 24.0 Å². The lowest BCUT2D eigenvalue weighted by Gasteiger charge is -2.35. The molecule has 1 saturated heterocycles. The minimum atomic E-state index is -2.54. The number of hydrogen-bond acceptors (Lipinski definition) is 4. The minimum absolute atomic E-state index is 0.307. The highest BCUT2D eigenvalue weighted by molar-refractivity contribution is 6.79. The Labute approximate surface area is 174 Å². The molecule has 0 radical (unpaired) electrons. The SMILES string of the molecule is CC(c1ccc(F)cc1)[N+]1=Cc2ccccc2[B-]12OC(=O)[C@@H]1CCCC[C@H]1C(=O)O2. The maximum absolute atomic E-state index is 13.5. The molecule has 2 aromatic rings. The van der Waals surface area contributed by atoms with Gasteiger partial charge in [-0.25, -0.2) is 4.39 Å². The number of nitrogens with zero attached hydrogens (tertiary/aromatic N) is 1. The van der Waals surface area contributed by atoms with E-state index in [1.54, 1.807) is 12.1 Å². The lowest BCUT2D eigenvalue weighted by Crippen LogP contribution is -2.62. The number of rotatable bonds is 2. The van der Waals surface area contributed by atoms with Gasteiger partial charge in [-0.3, -0.25) is 9.59 Å². The molecular formula is C23H23BFNO4. The largest absolute Gasteiger partial charge is 0.684 e. The first-order chi connectivity index (χ1) is 14.5. The van der Waals surface area contributed by atoms with E-state index in [-0.39, 0.29) is 23.8 Å². The highest BCUT2D eigenvalue weighted by atomic mass is 19.1. The third kappa shape index (κ3) is 2.87. The summed E-state index contributed by atoms with van der Waals surface area (Å²) in [5, 5.41) is 0. The van der Waals surface area contributed by atoms with Crippen molar-refractivity contribution in [2.75, 3.05) is 0 Å². The second-order valence-electron chi connectivity index (χ2n) is 8.48. The third-order valence-corrected chi connectivity index (χ3v) is 6.79. The van der Waals surface area contributed by atoms with E-state index in [4.69, 9.17) is 9.31 Å². The van der Waals surface area contributed by atoms with Gasteiger partial charge < -0.3 is 13.8 Å². The molecule has 0 bridgehead atoms. The van der Waals surface area contributed by atoms with E-state index in [0.29, 0.717) is 18.3 Å². The molecule has 30 heavy (non-hydrogen) atoms. The van der Waals surface area contributed by atoms with Crippen LogP contribution in [-0.4, -0.2) is 29.3 Å². The zero-order valence-corrected chi connectivity index (χ0v) is 16.8. The lowest BCUT2D eigenvalue weighted by molar-refractivity contribution is -0.467. The van der Waals surface area contributed by atoms with Gasteiger partial charge in [-0.2, -0.15) is 0 Å². The van der Waals surface area contributed by atoms with Crippen LogP contribution in [0.5, 0.6) is 0 Å². The summed E-state index contributed by atoms with van der Waals surface area (Å²) in [5.41, 5.74) is 2.36. The van der Waals surface area contributed by atoms with Gasteiger partial charge in [0, 0.05) is 11.1 Å². The zero-order chi connectivity index (χ0) is 20.9. The Morgan fingerprint density at radius 1 is 0.967 bits per heavy atom. The summed E-state index contributed by atoms with van der Waals surface area (Å²) < 4.78 is 27.5. The van der Waals surface area contributed by atoms with Crippen LogP contribution in [0.1, 0.15) is 49.8 Å². The first kappa shape index (κ1) is 19.0. The monoisotopic (exact) mass is 407 g/mol. The third-order valence-electron chi connectivity index (χ3n) is 6.79. The van der Waals surface area contributed by atoms with Crippen LogP contribution in [0.4, 0.5) is 4.39 Å². The number of carbonyl (C=O) groups is 2. The van der Waals surface area contributed by atoms with Gasteiger partial charge in [0.15, 0.2) is 0 Å². The molecule has 7 heteroatoms. The van der Waals surface area contributed by atoms with Crippen LogP contribution in [0.2, 0.25) is 0 Å². The fourth-order valence-electron chi connectivity index (χ4n) is 5.16. The maximum Gasteiger partial charge on any atom is 0.684 e.